The minimum atomic E-state index is -1.87. The highest BCUT2D eigenvalue weighted by Crippen LogP contribution is 2.40. The third-order valence-corrected chi connectivity index (χ3v) is 7.37. The van der Waals surface area contributed by atoms with E-state index in [1.165, 1.54) is 0 Å². The van der Waals surface area contributed by atoms with E-state index < -0.39 is 11.6 Å². The van der Waals surface area contributed by atoms with E-state index in [0.29, 0.717) is 46.8 Å². The van der Waals surface area contributed by atoms with Gasteiger partial charge in [-0.2, -0.15) is 0 Å². The molecule has 2 aliphatic heterocycles. The fourth-order valence-corrected chi connectivity index (χ4v) is 5.16. The van der Waals surface area contributed by atoms with Crippen LogP contribution in [0.1, 0.15) is 62.1 Å². The second-order valence-electron chi connectivity index (χ2n) is 9.69. The first-order valence-electron chi connectivity index (χ1n) is 12.7. The van der Waals surface area contributed by atoms with Crippen molar-refractivity contribution in [1.82, 2.24) is 15.0 Å². The molecule has 11 heteroatoms. The van der Waals surface area contributed by atoms with E-state index in [1.807, 2.05) is 12.1 Å². The number of aromatic nitrogens is 2. The first-order chi connectivity index (χ1) is 18.3. The fourth-order valence-electron chi connectivity index (χ4n) is 5.16. The van der Waals surface area contributed by atoms with Crippen molar-refractivity contribution in [3.8, 4) is 17.1 Å². The number of carbonyl (C=O) groups is 2. The van der Waals surface area contributed by atoms with E-state index in [2.05, 4.69) is 0 Å². The van der Waals surface area contributed by atoms with Crippen molar-refractivity contribution in [3.05, 3.63) is 51.3 Å². The van der Waals surface area contributed by atoms with Crippen LogP contribution in [0.15, 0.2) is 29.1 Å². The van der Waals surface area contributed by atoms with Crippen LogP contribution in [0.3, 0.4) is 0 Å². The lowest BCUT2D eigenvalue weighted by molar-refractivity contribution is -0.172. The SMILES string of the molecule is CC[C@@]1(O)C(=O)OCc2c1cc1n(c2=O)Cc2cc3c(N)c(OCCCCCCC(=O)NO)ccc3nc2-1. The second kappa shape index (κ2) is 10.1. The molecule has 2 aliphatic rings. The number of unbranched alkanes of at least 4 members (excludes halogenated alkanes) is 3. The lowest BCUT2D eigenvalue weighted by Gasteiger charge is -2.31. The van der Waals surface area contributed by atoms with Crippen LogP contribution in [0.4, 0.5) is 5.69 Å². The number of nitrogens with one attached hydrogen (secondary N) is 1. The van der Waals surface area contributed by atoms with E-state index in [1.54, 1.807) is 29.1 Å². The number of ether oxygens (including phenoxy) is 2. The molecule has 4 heterocycles. The molecule has 0 aliphatic carbocycles. The van der Waals surface area contributed by atoms with Gasteiger partial charge in [0.2, 0.25) is 5.91 Å². The fraction of sp³-hybridized carbons (Fsp3) is 0.407. The number of nitrogens with two attached hydrogens (primary N) is 1. The van der Waals surface area contributed by atoms with Gasteiger partial charge in [-0.05, 0) is 43.5 Å². The largest absolute Gasteiger partial charge is 0.491 e. The molecule has 1 amide bonds. The number of hydroxylamine groups is 1. The molecule has 0 saturated heterocycles. The number of nitrogens with zero attached hydrogens (tertiary/aromatic N) is 2. The summed E-state index contributed by atoms with van der Waals surface area (Å²) in [6.07, 6.45) is 3.58. The molecular formula is C27H30N4O7. The van der Waals surface area contributed by atoms with Crippen LogP contribution in [0.25, 0.3) is 22.3 Å². The Morgan fingerprint density at radius 3 is 2.79 bits per heavy atom. The van der Waals surface area contributed by atoms with E-state index in [0.717, 1.165) is 24.8 Å². The Bertz CT molecular complexity index is 1500. The summed E-state index contributed by atoms with van der Waals surface area (Å²) < 4.78 is 12.6. The van der Waals surface area contributed by atoms with Gasteiger partial charge in [0.25, 0.3) is 5.56 Å². The Balaban J connectivity index is 1.37. The molecule has 0 unspecified atom stereocenters. The Labute approximate surface area is 218 Å². The summed E-state index contributed by atoms with van der Waals surface area (Å²) in [5, 5.41) is 20.2. The molecule has 2 aromatic heterocycles. The molecule has 200 valence electrons. The van der Waals surface area contributed by atoms with E-state index in [9.17, 15) is 19.5 Å². The minimum absolute atomic E-state index is 0.0832. The van der Waals surface area contributed by atoms with E-state index in [-0.39, 0.29) is 48.6 Å². The summed E-state index contributed by atoms with van der Waals surface area (Å²) >= 11 is 0. The average Bonchev–Trinajstić information content (AvgIpc) is 3.28. The highest BCUT2D eigenvalue weighted by Gasteiger charge is 2.45. The van der Waals surface area contributed by atoms with Crippen LogP contribution < -0.4 is 21.5 Å². The summed E-state index contributed by atoms with van der Waals surface area (Å²) in [7, 11) is 0. The molecule has 1 aromatic carbocycles. The third-order valence-electron chi connectivity index (χ3n) is 7.37. The van der Waals surface area contributed by atoms with Crippen LogP contribution in [-0.4, -0.2) is 38.3 Å². The van der Waals surface area contributed by atoms with E-state index >= 15 is 0 Å². The molecule has 0 spiro atoms. The predicted molar refractivity (Wildman–Crippen MR) is 137 cm³/mol. The number of benzene rings is 1. The Hall–Kier alpha value is -3.96. The van der Waals surface area contributed by atoms with Crippen LogP contribution in [0.2, 0.25) is 0 Å². The van der Waals surface area contributed by atoms with Gasteiger partial charge in [0.15, 0.2) is 5.60 Å². The zero-order valence-corrected chi connectivity index (χ0v) is 21.1. The van der Waals surface area contributed by atoms with Crippen LogP contribution >= 0.6 is 0 Å². The van der Waals surface area contributed by atoms with Gasteiger partial charge in [-0.25, -0.2) is 15.3 Å². The highest BCUT2D eigenvalue weighted by molar-refractivity contribution is 5.96. The van der Waals surface area contributed by atoms with Crippen molar-refractivity contribution in [2.24, 2.45) is 0 Å². The lowest BCUT2D eigenvalue weighted by atomic mass is 9.86. The van der Waals surface area contributed by atoms with Crippen LogP contribution in [0, 0.1) is 0 Å². The monoisotopic (exact) mass is 522 g/mol. The molecule has 0 radical (unpaired) electrons. The van der Waals surface area contributed by atoms with Crippen molar-refractivity contribution in [1.29, 1.82) is 0 Å². The molecule has 5 rings (SSSR count). The van der Waals surface area contributed by atoms with Crippen molar-refractivity contribution in [2.75, 3.05) is 12.3 Å². The zero-order chi connectivity index (χ0) is 27.0. The number of aliphatic hydroxyl groups is 1. The normalized spacial score (nSPS) is 17.5. The molecule has 0 saturated carbocycles. The number of pyridine rings is 2. The summed E-state index contributed by atoms with van der Waals surface area (Å²) in [6, 6.07) is 7.17. The summed E-state index contributed by atoms with van der Waals surface area (Å²) in [5.41, 5.74) is 9.50. The Morgan fingerprint density at radius 2 is 2.03 bits per heavy atom. The van der Waals surface area contributed by atoms with Crippen molar-refractivity contribution in [3.63, 3.8) is 0 Å². The molecule has 11 nitrogen and oxygen atoms in total. The zero-order valence-electron chi connectivity index (χ0n) is 21.1. The van der Waals surface area contributed by atoms with E-state index in [4.69, 9.17) is 25.4 Å². The summed E-state index contributed by atoms with van der Waals surface area (Å²) in [6.45, 7) is 2.25. The maximum Gasteiger partial charge on any atom is 0.343 e. The number of anilines is 1. The minimum Gasteiger partial charge on any atom is -0.491 e. The number of cyclic esters (lactones) is 1. The average molecular weight is 523 g/mol. The van der Waals surface area contributed by atoms with Gasteiger partial charge in [-0.15, -0.1) is 0 Å². The maximum atomic E-state index is 13.3. The molecular weight excluding hydrogens is 492 g/mol. The number of amides is 1. The molecule has 1 atom stereocenters. The highest BCUT2D eigenvalue weighted by atomic mass is 16.6. The van der Waals surface area contributed by atoms with Gasteiger partial charge in [0.05, 0.1) is 41.3 Å². The third kappa shape index (κ3) is 4.27. The first kappa shape index (κ1) is 25.7. The lowest BCUT2D eigenvalue weighted by Crippen LogP contribution is -2.44. The number of nitrogen functional groups attached to an aromatic ring is 1. The molecule has 38 heavy (non-hydrogen) atoms. The predicted octanol–water partition coefficient (Wildman–Crippen LogP) is 2.50. The van der Waals surface area contributed by atoms with Gasteiger partial charge in [0.1, 0.15) is 12.4 Å². The Kier molecular flexibility index (Phi) is 6.80. The molecule has 0 fully saturated rings. The number of hydrogen-bond acceptors (Lipinski definition) is 9. The van der Waals surface area contributed by atoms with Crippen LogP contribution in [-0.2, 0) is 33.1 Å². The maximum absolute atomic E-state index is 13.3. The van der Waals surface area contributed by atoms with Gasteiger partial charge in [-0.3, -0.25) is 14.8 Å². The number of fused-ring (bicyclic) bond motifs is 5. The van der Waals surface area contributed by atoms with Gasteiger partial charge >= 0.3 is 5.97 Å². The molecule has 3 aromatic rings. The van der Waals surface area contributed by atoms with Gasteiger partial charge in [0, 0.05) is 22.9 Å². The molecule has 5 N–H and O–H groups in total. The summed E-state index contributed by atoms with van der Waals surface area (Å²) in [5.74, 6) is -0.592. The smallest absolute Gasteiger partial charge is 0.343 e. The standard InChI is InChI=1S/C27H30N4O7/c1-2-27(35)18-12-20-24-15(13-31(20)25(33)17(18)14-38-26(27)34)11-16-19(29-24)8-9-21(23(16)28)37-10-6-4-3-5-7-22(32)30-36/h8-9,11-12,35-36H,2-7,10,13-14,28H2,1H3,(H,30,32)/t27-/m0/s1. The van der Waals surface area contributed by atoms with Crippen molar-refractivity contribution >= 4 is 28.5 Å². The van der Waals surface area contributed by atoms with Crippen LogP contribution in [0.5, 0.6) is 5.75 Å². The van der Waals surface area contributed by atoms with Gasteiger partial charge in [-0.1, -0.05) is 19.8 Å². The second-order valence-corrected chi connectivity index (χ2v) is 9.69. The quantitative estimate of drug-likeness (QED) is 0.0849. The van der Waals surface area contributed by atoms with Gasteiger partial charge < -0.3 is 24.9 Å². The topological polar surface area (TPSA) is 166 Å². The Morgan fingerprint density at radius 1 is 1.24 bits per heavy atom. The summed E-state index contributed by atoms with van der Waals surface area (Å²) in [4.78, 5) is 41.5. The first-order valence-corrected chi connectivity index (χ1v) is 12.7. The number of carbonyl (C=O) groups excluding carboxylic acids is 2. The van der Waals surface area contributed by atoms with Crippen molar-refractivity contribution < 1.29 is 29.4 Å². The number of rotatable bonds is 9. The number of esters is 1. The number of hydrogen-bond donors (Lipinski definition) is 4. The van der Waals surface area contributed by atoms with Crippen molar-refractivity contribution in [2.45, 2.75) is 64.2 Å². The molecule has 0 bridgehead atoms.